The van der Waals surface area contributed by atoms with Crippen LogP contribution in [0.15, 0.2) is 0 Å². The molecule has 2 fully saturated rings. The van der Waals surface area contributed by atoms with Crippen molar-refractivity contribution >= 4 is 9.84 Å². The van der Waals surface area contributed by atoms with Crippen LogP contribution in [0, 0.1) is 5.92 Å². The summed E-state index contributed by atoms with van der Waals surface area (Å²) >= 11 is 0. The minimum Gasteiger partial charge on any atom is -0.381 e. The Labute approximate surface area is 91.3 Å². The molecule has 0 saturated carbocycles. The number of hydrogen-bond acceptors (Lipinski definition) is 4. The first kappa shape index (κ1) is 11.4. The standard InChI is InChI=1S/C10H19NO3S/c12-15(13)6-3-10(8-15)11-7-9-1-4-14-5-2-9/h9-11H,1-8H2. The molecule has 0 spiro atoms. The Bertz CT molecular complexity index is 296. The Morgan fingerprint density at radius 1 is 1.20 bits per heavy atom. The van der Waals surface area contributed by atoms with Crippen LogP contribution in [0.5, 0.6) is 0 Å². The summed E-state index contributed by atoms with van der Waals surface area (Å²) < 4.78 is 27.7. The van der Waals surface area contributed by atoms with Gasteiger partial charge in [0.15, 0.2) is 9.84 Å². The van der Waals surface area contributed by atoms with E-state index in [2.05, 4.69) is 5.32 Å². The highest BCUT2D eigenvalue weighted by atomic mass is 32.2. The maximum absolute atomic E-state index is 11.2. The lowest BCUT2D eigenvalue weighted by molar-refractivity contribution is 0.0657. The Morgan fingerprint density at radius 2 is 1.93 bits per heavy atom. The van der Waals surface area contributed by atoms with Gasteiger partial charge in [0.1, 0.15) is 0 Å². The van der Waals surface area contributed by atoms with Crippen molar-refractivity contribution in [1.29, 1.82) is 0 Å². The van der Waals surface area contributed by atoms with Crippen molar-refractivity contribution in [1.82, 2.24) is 5.32 Å². The Balaban J connectivity index is 1.70. The van der Waals surface area contributed by atoms with E-state index in [1.807, 2.05) is 0 Å². The van der Waals surface area contributed by atoms with Gasteiger partial charge in [0.25, 0.3) is 0 Å². The van der Waals surface area contributed by atoms with Crippen molar-refractivity contribution in [3.63, 3.8) is 0 Å². The summed E-state index contributed by atoms with van der Waals surface area (Å²) in [5.41, 5.74) is 0. The summed E-state index contributed by atoms with van der Waals surface area (Å²) in [4.78, 5) is 0. The third kappa shape index (κ3) is 3.43. The highest BCUT2D eigenvalue weighted by molar-refractivity contribution is 7.91. The fraction of sp³-hybridized carbons (Fsp3) is 1.00. The molecule has 2 aliphatic heterocycles. The lowest BCUT2D eigenvalue weighted by Crippen LogP contribution is -2.36. The van der Waals surface area contributed by atoms with Crippen molar-refractivity contribution in [3.05, 3.63) is 0 Å². The van der Waals surface area contributed by atoms with Crippen molar-refractivity contribution in [3.8, 4) is 0 Å². The van der Waals surface area contributed by atoms with Crippen LogP contribution in [0.2, 0.25) is 0 Å². The maximum atomic E-state index is 11.2. The lowest BCUT2D eigenvalue weighted by Gasteiger charge is -2.23. The van der Waals surface area contributed by atoms with E-state index in [-0.39, 0.29) is 6.04 Å². The Kier molecular flexibility index (Phi) is 3.64. The minimum absolute atomic E-state index is 0.192. The van der Waals surface area contributed by atoms with E-state index in [1.165, 1.54) is 0 Å². The van der Waals surface area contributed by atoms with Crippen LogP contribution in [0.4, 0.5) is 0 Å². The smallest absolute Gasteiger partial charge is 0.151 e. The molecule has 0 bridgehead atoms. The zero-order valence-corrected chi connectivity index (χ0v) is 9.76. The maximum Gasteiger partial charge on any atom is 0.151 e. The van der Waals surface area contributed by atoms with Crippen LogP contribution in [0.1, 0.15) is 19.3 Å². The van der Waals surface area contributed by atoms with Gasteiger partial charge in [0, 0.05) is 19.3 Å². The summed E-state index contributed by atoms with van der Waals surface area (Å²) in [7, 11) is -2.74. The number of rotatable bonds is 3. The zero-order valence-electron chi connectivity index (χ0n) is 8.94. The summed E-state index contributed by atoms with van der Waals surface area (Å²) in [5.74, 6) is 1.36. The third-order valence-corrected chi connectivity index (χ3v) is 5.04. The van der Waals surface area contributed by atoms with Crippen LogP contribution >= 0.6 is 0 Å². The average molecular weight is 233 g/mol. The van der Waals surface area contributed by atoms with E-state index in [9.17, 15) is 8.42 Å². The van der Waals surface area contributed by atoms with Crippen molar-refractivity contribution in [2.45, 2.75) is 25.3 Å². The zero-order chi connectivity index (χ0) is 10.7. The Hall–Kier alpha value is -0.130. The number of sulfone groups is 1. The SMILES string of the molecule is O=S1(=O)CCC(NCC2CCOCC2)C1. The van der Waals surface area contributed by atoms with E-state index in [4.69, 9.17) is 4.74 Å². The van der Waals surface area contributed by atoms with Crippen molar-refractivity contribution in [2.24, 2.45) is 5.92 Å². The van der Waals surface area contributed by atoms with Crippen molar-refractivity contribution in [2.75, 3.05) is 31.3 Å². The quantitative estimate of drug-likeness (QED) is 0.756. The third-order valence-electron chi connectivity index (χ3n) is 3.27. The molecule has 88 valence electrons. The van der Waals surface area contributed by atoms with Crippen LogP contribution in [0.25, 0.3) is 0 Å². The van der Waals surface area contributed by atoms with Gasteiger partial charge >= 0.3 is 0 Å². The second-order valence-corrected chi connectivity index (χ2v) is 6.79. The molecule has 0 amide bonds. The van der Waals surface area contributed by atoms with Gasteiger partial charge in [0.05, 0.1) is 11.5 Å². The van der Waals surface area contributed by atoms with Gasteiger partial charge in [-0.15, -0.1) is 0 Å². The molecule has 2 aliphatic rings. The van der Waals surface area contributed by atoms with Gasteiger partial charge < -0.3 is 10.1 Å². The lowest BCUT2D eigenvalue weighted by atomic mass is 10.00. The molecule has 2 saturated heterocycles. The monoisotopic (exact) mass is 233 g/mol. The first-order chi connectivity index (χ1) is 7.16. The summed E-state index contributed by atoms with van der Waals surface area (Å²) in [6, 6.07) is 0.192. The number of ether oxygens (including phenoxy) is 1. The van der Waals surface area contributed by atoms with E-state index >= 15 is 0 Å². The van der Waals surface area contributed by atoms with Gasteiger partial charge in [-0.3, -0.25) is 0 Å². The molecule has 1 atom stereocenters. The molecule has 0 radical (unpaired) electrons. The molecule has 15 heavy (non-hydrogen) atoms. The number of hydrogen-bond donors (Lipinski definition) is 1. The van der Waals surface area contributed by atoms with Crippen LogP contribution in [-0.4, -0.2) is 45.7 Å². The molecule has 0 aliphatic carbocycles. The van der Waals surface area contributed by atoms with Gasteiger partial charge in [-0.1, -0.05) is 0 Å². The first-order valence-corrected chi connectivity index (χ1v) is 7.49. The first-order valence-electron chi connectivity index (χ1n) is 5.67. The van der Waals surface area contributed by atoms with E-state index in [0.717, 1.165) is 39.0 Å². The highest BCUT2D eigenvalue weighted by Gasteiger charge is 2.28. The normalized spacial score (nSPS) is 31.9. The molecule has 1 unspecified atom stereocenters. The second kappa shape index (κ2) is 4.80. The summed E-state index contributed by atoms with van der Waals surface area (Å²) in [6.45, 7) is 2.66. The molecule has 5 heteroatoms. The van der Waals surface area contributed by atoms with Crippen LogP contribution in [-0.2, 0) is 14.6 Å². The predicted molar refractivity (Wildman–Crippen MR) is 58.6 cm³/mol. The highest BCUT2D eigenvalue weighted by Crippen LogP contribution is 2.16. The molecular formula is C10H19NO3S. The molecule has 1 N–H and O–H groups in total. The van der Waals surface area contributed by atoms with E-state index in [1.54, 1.807) is 0 Å². The van der Waals surface area contributed by atoms with Gasteiger partial charge in [-0.05, 0) is 31.7 Å². The largest absolute Gasteiger partial charge is 0.381 e. The average Bonchev–Trinajstić information content (AvgIpc) is 2.57. The molecule has 0 aromatic carbocycles. The molecule has 4 nitrogen and oxygen atoms in total. The fourth-order valence-corrected chi connectivity index (χ4v) is 3.95. The number of nitrogens with one attached hydrogen (secondary N) is 1. The minimum atomic E-state index is -2.74. The van der Waals surface area contributed by atoms with Crippen LogP contribution in [0.3, 0.4) is 0 Å². The second-order valence-electron chi connectivity index (χ2n) is 4.56. The van der Waals surface area contributed by atoms with Crippen molar-refractivity contribution < 1.29 is 13.2 Å². The molecular weight excluding hydrogens is 214 g/mol. The topological polar surface area (TPSA) is 55.4 Å². The predicted octanol–water partition coefficient (Wildman–Crippen LogP) is 0.190. The summed E-state index contributed by atoms with van der Waals surface area (Å²) in [5, 5.41) is 3.37. The summed E-state index contributed by atoms with van der Waals surface area (Å²) in [6.07, 6.45) is 2.99. The fourth-order valence-electron chi connectivity index (χ4n) is 2.24. The molecule has 2 rings (SSSR count). The molecule has 0 aromatic rings. The van der Waals surface area contributed by atoms with E-state index < -0.39 is 9.84 Å². The van der Waals surface area contributed by atoms with E-state index in [0.29, 0.717) is 17.4 Å². The molecule has 2 heterocycles. The van der Waals surface area contributed by atoms with Gasteiger partial charge in [0.2, 0.25) is 0 Å². The Morgan fingerprint density at radius 3 is 2.53 bits per heavy atom. The van der Waals surface area contributed by atoms with Gasteiger partial charge in [-0.2, -0.15) is 0 Å². The molecule has 0 aromatic heterocycles. The van der Waals surface area contributed by atoms with Crippen LogP contribution < -0.4 is 5.32 Å². The van der Waals surface area contributed by atoms with Gasteiger partial charge in [-0.25, -0.2) is 8.42 Å².